The van der Waals surface area contributed by atoms with Crippen LogP contribution in [0, 0.1) is 18.3 Å². The monoisotopic (exact) mass is 631 g/mol. The van der Waals surface area contributed by atoms with Crippen LogP contribution in [0.15, 0.2) is 65.5 Å². The van der Waals surface area contributed by atoms with Crippen molar-refractivity contribution in [1.29, 1.82) is 5.26 Å². The highest BCUT2D eigenvalue weighted by Gasteiger charge is 2.32. The lowest BCUT2D eigenvalue weighted by Gasteiger charge is -2.42. The van der Waals surface area contributed by atoms with Crippen LogP contribution >= 0.6 is 23.2 Å². The van der Waals surface area contributed by atoms with Gasteiger partial charge < -0.3 is 20.5 Å². The third-order valence-corrected chi connectivity index (χ3v) is 8.97. The SMILES string of the molecule is Cc1ccc(Nc2c(C#N)cnc3c(Cl)cc(N[C@H](C4=CN(C5CCN(C(C)(C)C)CC5)NN4)c4cocn4)cc23)cc1Cl. The Morgan fingerprint density at radius 2 is 1.86 bits per heavy atom. The molecule has 4 aromatic rings. The summed E-state index contributed by atoms with van der Waals surface area (Å²) in [5, 5.41) is 20.8. The van der Waals surface area contributed by atoms with Crippen LogP contribution in [-0.4, -0.2) is 44.5 Å². The number of fused-ring (bicyclic) bond motifs is 1. The molecule has 2 aliphatic heterocycles. The Bertz CT molecular complexity index is 1740. The molecule has 4 heterocycles. The zero-order valence-electron chi connectivity index (χ0n) is 25.1. The summed E-state index contributed by atoms with van der Waals surface area (Å²) in [4.78, 5) is 11.5. The molecular weight excluding hydrogens is 597 g/mol. The number of halogens is 2. The van der Waals surface area contributed by atoms with Crippen molar-refractivity contribution < 1.29 is 4.42 Å². The van der Waals surface area contributed by atoms with Crippen molar-refractivity contribution in [2.75, 3.05) is 23.7 Å². The molecule has 0 bridgehead atoms. The fourth-order valence-electron chi connectivity index (χ4n) is 5.72. The average Bonchev–Trinajstić information content (AvgIpc) is 3.71. The van der Waals surface area contributed by atoms with Gasteiger partial charge in [-0.25, -0.2) is 4.98 Å². The van der Waals surface area contributed by atoms with Crippen LogP contribution in [0.3, 0.4) is 0 Å². The molecule has 0 unspecified atom stereocenters. The molecule has 6 rings (SSSR count). The highest BCUT2D eigenvalue weighted by Crippen LogP contribution is 2.37. The molecule has 0 aliphatic carbocycles. The maximum absolute atomic E-state index is 9.94. The van der Waals surface area contributed by atoms with Gasteiger partial charge in [-0.2, -0.15) is 5.26 Å². The predicted octanol–water partition coefficient (Wildman–Crippen LogP) is 7.04. The first-order valence-corrected chi connectivity index (χ1v) is 15.3. The Labute approximate surface area is 267 Å². The summed E-state index contributed by atoms with van der Waals surface area (Å²) in [7, 11) is 0. The quantitative estimate of drug-likeness (QED) is 0.169. The molecular formula is C32H35Cl2N9O. The topological polar surface area (TPSA) is 117 Å². The predicted molar refractivity (Wildman–Crippen MR) is 174 cm³/mol. The molecule has 0 amide bonds. The smallest absolute Gasteiger partial charge is 0.180 e. The number of hydrogen-bond donors (Lipinski definition) is 4. The summed E-state index contributed by atoms with van der Waals surface area (Å²) in [6, 6.07) is 11.7. The van der Waals surface area contributed by atoms with Gasteiger partial charge in [0, 0.05) is 58.9 Å². The number of likely N-dealkylation sites (tertiary alicyclic amines) is 1. The summed E-state index contributed by atoms with van der Waals surface area (Å²) in [6.45, 7) is 10.8. The molecule has 2 aromatic heterocycles. The summed E-state index contributed by atoms with van der Waals surface area (Å²) in [5.41, 5.74) is 12.4. The van der Waals surface area contributed by atoms with E-state index >= 15 is 0 Å². The first-order valence-electron chi connectivity index (χ1n) is 14.6. The Kier molecular flexibility index (Phi) is 8.31. The standard InChI is InChI=1S/C32H35Cl2N9O/c1-19-5-6-21(12-25(19)33)38-29-20(14-35)15-36-30-24(29)11-22(13-26(30)34)39-31(28-17-44-18-37-28)27-16-43(41-40-27)23-7-9-42(10-8-23)32(2,3)4/h5-6,11-13,15-18,23,31,39-41H,7-10H2,1-4H3,(H,36,38)/t31-/m1/s1. The van der Waals surface area contributed by atoms with E-state index in [-0.39, 0.29) is 11.6 Å². The van der Waals surface area contributed by atoms with Crippen LogP contribution in [0.4, 0.5) is 17.1 Å². The van der Waals surface area contributed by atoms with Gasteiger partial charge in [0.25, 0.3) is 0 Å². The number of benzene rings is 2. The van der Waals surface area contributed by atoms with Crippen molar-refractivity contribution >= 4 is 51.2 Å². The van der Waals surface area contributed by atoms with Gasteiger partial charge >= 0.3 is 0 Å². The normalized spacial score (nSPS) is 16.8. The van der Waals surface area contributed by atoms with Crippen molar-refractivity contribution in [3.63, 3.8) is 0 Å². The Morgan fingerprint density at radius 1 is 1.09 bits per heavy atom. The molecule has 1 fully saturated rings. The number of rotatable bonds is 7. The minimum atomic E-state index is -0.381. The summed E-state index contributed by atoms with van der Waals surface area (Å²) in [5.74, 6) is 0. The highest BCUT2D eigenvalue weighted by atomic mass is 35.5. The molecule has 228 valence electrons. The van der Waals surface area contributed by atoms with Gasteiger partial charge in [-0.15, -0.1) is 5.53 Å². The third kappa shape index (κ3) is 6.14. The highest BCUT2D eigenvalue weighted by molar-refractivity contribution is 6.36. The molecule has 0 radical (unpaired) electrons. The number of pyridine rings is 1. The number of hydrogen-bond acceptors (Lipinski definition) is 10. The van der Waals surface area contributed by atoms with Crippen molar-refractivity contribution in [1.82, 2.24) is 30.8 Å². The molecule has 1 atom stereocenters. The van der Waals surface area contributed by atoms with E-state index in [2.05, 4.69) is 74.5 Å². The van der Waals surface area contributed by atoms with Crippen LogP contribution < -0.4 is 21.6 Å². The Morgan fingerprint density at radius 3 is 2.55 bits per heavy atom. The average molecular weight is 633 g/mol. The zero-order chi connectivity index (χ0) is 31.0. The molecule has 10 nitrogen and oxygen atoms in total. The molecule has 1 saturated heterocycles. The fraction of sp³-hybridized carbons (Fsp3) is 0.344. The Balaban J connectivity index is 1.31. The van der Waals surface area contributed by atoms with E-state index in [0.29, 0.717) is 43.9 Å². The van der Waals surface area contributed by atoms with E-state index in [0.717, 1.165) is 48.6 Å². The molecule has 0 spiro atoms. The molecule has 2 aromatic carbocycles. The lowest BCUT2D eigenvalue weighted by molar-refractivity contribution is 0.0570. The molecule has 0 saturated carbocycles. The van der Waals surface area contributed by atoms with Crippen molar-refractivity contribution in [3.8, 4) is 6.07 Å². The number of oxazole rings is 1. The van der Waals surface area contributed by atoms with Gasteiger partial charge in [0.05, 0.1) is 27.5 Å². The number of nitrogens with one attached hydrogen (secondary N) is 4. The number of piperidine rings is 1. The lowest BCUT2D eigenvalue weighted by Crippen LogP contribution is -2.52. The fourth-order valence-corrected chi connectivity index (χ4v) is 6.17. The number of aryl methyl sites for hydroxylation is 1. The lowest BCUT2D eigenvalue weighted by atomic mass is 9.98. The van der Waals surface area contributed by atoms with Gasteiger partial charge in [0.2, 0.25) is 0 Å². The number of hydrazine groups is 2. The largest absolute Gasteiger partial charge is 0.451 e. The van der Waals surface area contributed by atoms with Gasteiger partial charge in [0.1, 0.15) is 24.1 Å². The third-order valence-electron chi connectivity index (χ3n) is 8.27. The second-order valence-corrected chi connectivity index (χ2v) is 13.0. The summed E-state index contributed by atoms with van der Waals surface area (Å²) >= 11 is 13.2. The molecule has 44 heavy (non-hydrogen) atoms. The molecule has 12 heteroatoms. The van der Waals surface area contributed by atoms with E-state index in [9.17, 15) is 5.26 Å². The van der Waals surface area contributed by atoms with E-state index in [1.54, 1.807) is 6.26 Å². The first-order chi connectivity index (χ1) is 21.1. The van der Waals surface area contributed by atoms with Crippen molar-refractivity contribution in [2.24, 2.45) is 0 Å². The minimum Gasteiger partial charge on any atom is -0.451 e. The van der Waals surface area contributed by atoms with E-state index in [4.69, 9.17) is 27.6 Å². The van der Waals surface area contributed by atoms with Gasteiger partial charge in [-0.1, -0.05) is 29.3 Å². The summed E-state index contributed by atoms with van der Waals surface area (Å²) < 4.78 is 5.37. The van der Waals surface area contributed by atoms with Gasteiger partial charge in [-0.3, -0.25) is 14.9 Å². The Hall–Kier alpha value is -4.01. The first kappa shape index (κ1) is 30.0. The van der Waals surface area contributed by atoms with Crippen LogP contribution in [0.2, 0.25) is 10.0 Å². The second-order valence-electron chi connectivity index (χ2n) is 12.2. The second kappa shape index (κ2) is 12.2. The van der Waals surface area contributed by atoms with E-state index in [1.165, 1.54) is 12.6 Å². The van der Waals surface area contributed by atoms with E-state index in [1.807, 2.05) is 37.3 Å². The number of nitrogens with zero attached hydrogens (tertiary/aromatic N) is 5. The maximum Gasteiger partial charge on any atom is 0.180 e. The van der Waals surface area contributed by atoms with Crippen molar-refractivity contribution in [2.45, 2.75) is 58.2 Å². The minimum absolute atomic E-state index is 0.165. The van der Waals surface area contributed by atoms with Crippen LogP contribution in [0.1, 0.15) is 56.5 Å². The van der Waals surface area contributed by atoms with Crippen LogP contribution in [-0.2, 0) is 0 Å². The molecule has 2 aliphatic rings. The maximum atomic E-state index is 9.94. The molecule has 4 N–H and O–H groups in total. The number of anilines is 3. The van der Waals surface area contributed by atoms with Crippen LogP contribution in [0.5, 0.6) is 0 Å². The van der Waals surface area contributed by atoms with E-state index < -0.39 is 0 Å². The van der Waals surface area contributed by atoms with Gasteiger partial charge in [0.15, 0.2) is 6.39 Å². The number of nitriles is 1. The zero-order valence-corrected chi connectivity index (χ0v) is 26.6. The number of aromatic nitrogens is 2. The van der Waals surface area contributed by atoms with Gasteiger partial charge in [-0.05, 0) is 70.4 Å². The summed E-state index contributed by atoms with van der Waals surface area (Å²) in [6.07, 6.45) is 8.75. The van der Waals surface area contributed by atoms with Crippen LogP contribution in [0.25, 0.3) is 10.9 Å². The van der Waals surface area contributed by atoms with Crippen molar-refractivity contribution in [3.05, 3.63) is 87.9 Å².